The number of para-hydroxylation sites is 2. The summed E-state index contributed by atoms with van der Waals surface area (Å²) in [6, 6.07) is 5.49. The summed E-state index contributed by atoms with van der Waals surface area (Å²) in [6.07, 6.45) is -4.21. The van der Waals surface area contributed by atoms with E-state index < -0.39 is 11.7 Å². The number of nitrogen functional groups attached to an aromatic ring is 1. The summed E-state index contributed by atoms with van der Waals surface area (Å²) in [5.41, 5.74) is 2.41. The Morgan fingerprint density at radius 1 is 1.23 bits per heavy atom. The topological polar surface area (TPSA) is 86.0 Å². The molecule has 22 heavy (non-hydrogen) atoms. The first-order valence-electron chi connectivity index (χ1n) is 5.66. The summed E-state index contributed by atoms with van der Waals surface area (Å²) in [5, 5.41) is 2.37. The molecule has 6 nitrogen and oxygen atoms in total. The zero-order chi connectivity index (χ0) is 16.3. The minimum Gasteiger partial charge on any atom is -0.427 e. The van der Waals surface area contributed by atoms with Gasteiger partial charge < -0.3 is 15.8 Å². The Morgan fingerprint density at radius 3 is 2.55 bits per heavy atom. The number of anilines is 3. The third kappa shape index (κ3) is 4.01. The second-order valence-corrected chi connectivity index (χ2v) is 4.59. The Labute approximate surface area is 132 Å². The highest BCUT2D eigenvalue weighted by Crippen LogP contribution is 2.34. The average Bonchev–Trinajstić information content (AvgIpc) is 2.39. The van der Waals surface area contributed by atoms with Crippen molar-refractivity contribution in [3.05, 3.63) is 29.5 Å². The Balaban J connectivity index is 2.28. The number of ether oxygens (including phenoxy) is 1. The number of rotatable bonds is 5. The van der Waals surface area contributed by atoms with E-state index in [1.165, 1.54) is 24.3 Å². The summed E-state index contributed by atoms with van der Waals surface area (Å²) < 4.78 is 43.4. The van der Waals surface area contributed by atoms with Gasteiger partial charge >= 0.3 is 6.11 Å². The first kappa shape index (κ1) is 16.4. The summed E-state index contributed by atoms with van der Waals surface area (Å²) in [4.78, 5) is 11.0. The molecule has 2 rings (SSSR count). The molecule has 3 N–H and O–H groups in total. The number of alkyl halides is 4. The van der Waals surface area contributed by atoms with Gasteiger partial charge in [-0.15, -0.1) is 0 Å². The fourth-order valence-electron chi connectivity index (χ4n) is 1.39. The zero-order valence-electron chi connectivity index (χ0n) is 10.6. The van der Waals surface area contributed by atoms with Gasteiger partial charge in [-0.2, -0.15) is 23.7 Å². The lowest BCUT2D eigenvalue weighted by molar-refractivity contribution is -0.198. The quantitative estimate of drug-likeness (QED) is 0.801. The number of nitrogens with two attached hydrogens (primary N) is 1. The maximum atomic E-state index is 13.2. The van der Waals surface area contributed by atoms with Gasteiger partial charge in [0, 0.05) is 0 Å². The lowest BCUT2D eigenvalue weighted by atomic mass is 10.3. The predicted molar refractivity (Wildman–Crippen MR) is 75.3 cm³/mol. The predicted octanol–water partition coefficient (Wildman–Crippen LogP) is 3.36. The molecule has 0 radical (unpaired) electrons. The monoisotopic (exact) mass is 353 g/mol. The Bertz CT molecular complexity index is 654. The molecule has 0 bridgehead atoms. The summed E-state index contributed by atoms with van der Waals surface area (Å²) in [7, 11) is 0. The van der Waals surface area contributed by atoms with Crippen molar-refractivity contribution in [2.24, 2.45) is 0 Å². The molecule has 0 fully saturated rings. The molecule has 1 aromatic heterocycles. The molecule has 118 valence electrons. The maximum absolute atomic E-state index is 13.2. The largest absolute Gasteiger partial charge is 0.444 e. The summed E-state index contributed by atoms with van der Waals surface area (Å²) in [6.45, 7) is 0. The van der Waals surface area contributed by atoms with E-state index in [-0.39, 0.29) is 28.6 Å². The molecule has 1 atom stereocenters. The SMILES string of the molecule is Nc1nc(Cl)nc(Nc2ccccc2OC(F)(F)C(F)Cl)n1. The van der Waals surface area contributed by atoms with Crippen LogP contribution in [0.3, 0.4) is 0 Å². The van der Waals surface area contributed by atoms with Crippen LogP contribution in [0.5, 0.6) is 5.75 Å². The molecule has 0 spiro atoms. The van der Waals surface area contributed by atoms with Crippen LogP contribution in [0.15, 0.2) is 24.3 Å². The van der Waals surface area contributed by atoms with Gasteiger partial charge in [0.2, 0.25) is 17.2 Å². The van der Waals surface area contributed by atoms with E-state index in [4.69, 9.17) is 28.9 Å². The lowest BCUT2D eigenvalue weighted by Crippen LogP contribution is -2.33. The smallest absolute Gasteiger partial charge is 0.427 e. The standard InChI is InChI=1S/C11H8Cl2F3N5O/c12-7(14)11(15,16)22-6-4-2-1-3-5(6)18-10-20-8(13)19-9(17)21-10/h1-4,7H,(H3,17,18,19,20,21). The van der Waals surface area contributed by atoms with E-state index in [1.807, 2.05) is 0 Å². The van der Waals surface area contributed by atoms with Crippen LogP contribution < -0.4 is 15.8 Å². The van der Waals surface area contributed by atoms with Crippen molar-refractivity contribution in [1.29, 1.82) is 0 Å². The second-order valence-electron chi connectivity index (χ2n) is 3.87. The fraction of sp³-hybridized carbons (Fsp3) is 0.182. The highest BCUT2D eigenvalue weighted by molar-refractivity contribution is 6.28. The molecule has 0 amide bonds. The highest BCUT2D eigenvalue weighted by atomic mass is 35.5. The van der Waals surface area contributed by atoms with Gasteiger partial charge in [-0.05, 0) is 23.7 Å². The third-order valence-corrected chi connectivity index (χ3v) is 2.68. The van der Waals surface area contributed by atoms with Crippen molar-refractivity contribution >= 4 is 40.8 Å². The van der Waals surface area contributed by atoms with Crippen LogP contribution >= 0.6 is 23.2 Å². The molecule has 0 aliphatic carbocycles. The minimum atomic E-state index is -4.21. The molecular weight excluding hydrogens is 346 g/mol. The Morgan fingerprint density at radius 2 is 1.91 bits per heavy atom. The van der Waals surface area contributed by atoms with E-state index in [1.54, 1.807) is 0 Å². The van der Waals surface area contributed by atoms with E-state index in [0.29, 0.717) is 0 Å². The number of nitrogens with zero attached hydrogens (tertiary/aromatic N) is 3. The van der Waals surface area contributed by atoms with Crippen molar-refractivity contribution in [1.82, 2.24) is 15.0 Å². The highest BCUT2D eigenvalue weighted by Gasteiger charge is 2.42. The number of nitrogens with one attached hydrogen (secondary N) is 1. The van der Waals surface area contributed by atoms with Crippen molar-refractivity contribution in [3.63, 3.8) is 0 Å². The minimum absolute atomic E-state index is 0.0289. The Hall–Kier alpha value is -2.00. The van der Waals surface area contributed by atoms with Gasteiger partial charge in [0.05, 0.1) is 5.69 Å². The van der Waals surface area contributed by atoms with Crippen LogP contribution in [-0.2, 0) is 0 Å². The number of hydrogen-bond acceptors (Lipinski definition) is 6. The first-order chi connectivity index (χ1) is 10.3. The van der Waals surface area contributed by atoms with Gasteiger partial charge in [0.1, 0.15) is 5.75 Å². The van der Waals surface area contributed by atoms with E-state index >= 15 is 0 Å². The maximum Gasteiger partial charge on any atom is 0.444 e. The number of hydrogen-bond donors (Lipinski definition) is 2. The second kappa shape index (κ2) is 6.41. The van der Waals surface area contributed by atoms with Crippen molar-refractivity contribution in [3.8, 4) is 5.75 Å². The van der Waals surface area contributed by atoms with Gasteiger partial charge in [0.25, 0.3) is 5.63 Å². The number of benzene rings is 1. The van der Waals surface area contributed by atoms with Crippen LogP contribution in [0, 0.1) is 0 Å². The van der Waals surface area contributed by atoms with Crippen LogP contribution in [0.25, 0.3) is 0 Å². The van der Waals surface area contributed by atoms with E-state index in [2.05, 4.69) is 25.0 Å². The molecular formula is C11H8Cl2F3N5O. The zero-order valence-corrected chi connectivity index (χ0v) is 12.1. The van der Waals surface area contributed by atoms with Crippen molar-refractivity contribution in [2.45, 2.75) is 11.7 Å². The molecule has 0 aliphatic heterocycles. The summed E-state index contributed by atoms with van der Waals surface area (Å²) >= 11 is 10.3. The first-order valence-corrected chi connectivity index (χ1v) is 6.47. The van der Waals surface area contributed by atoms with E-state index in [0.717, 1.165) is 0 Å². The van der Waals surface area contributed by atoms with Crippen molar-refractivity contribution in [2.75, 3.05) is 11.1 Å². The number of halogens is 5. The molecule has 11 heteroatoms. The summed E-state index contributed by atoms with van der Waals surface area (Å²) in [5.74, 6) is -0.638. The third-order valence-electron chi connectivity index (χ3n) is 2.26. The van der Waals surface area contributed by atoms with Gasteiger partial charge in [-0.3, -0.25) is 0 Å². The van der Waals surface area contributed by atoms with Crippen LogP contribution in [0.2, 0.25) is 5.28 Å². The lowest BCUT2D eigenvalue weighted by Gasteiger charge is -2.19. The normalized spacial score (nSPS) is 12.8. The van der Waals surface area contributed by atoms with Crippen LogP contribution in [-0.4, -0.2) is 26.7 Å². The van der Waals surface area contributed by atoms with Crippen LogP contribution in [0.4, 0.5) is 30.8 Å². The van der Waals surface area contributed by atoms with Crippen LogP contribution in [0.1, 0.15) is 0 Å². The number of aromatic nitrogens is 3. The van der Waals surface area contributed by atoms with Crippen molar-refractivity contribution < 1.29 is 17.9 Å². The molecule has 0 saturated carbocycles. The van der Waals surface area contributed by atoms with Gasteiger partial charge in [0.15, 0.2) is 0 Å². The molecule has 1 heterocycles. The fourth-order valence-corrected chi connectivity index (χ4v) is 1.60. The Kier molecular flexibility index (Phi) is 4.77. The average molecular weight is 354 g/mol. The molecule has 0 aliphatic rings. The van der Waals surface area contributed by atoms with E-state index in [9.17, 15) is 13.2 Å². The van der Waals surface area contributed by atoms with Gasteiger partial charge in [-0.25, -0.2) is 4.39 Å². The molecule has 1 aromatic carbocycles. The van der Waals surface area contributed by atoms with Gasteiger partial charge in [-0.1, -0.05) is 23.7 Å². The molecule has 0 saturated heterocycles. The molecule has 2 aromatic rings. The molecule has 1 unspecified atom stereocenters.